The number of benzene rings is 1. The molecule has 1 saturated heterocycles. The highest BCUT2D eigenvalue weighted by molar-refractivity contribution is 5.99. The Morgan fingerprint density at radius 1 is 1.21 bits per heavy atom. The number of piperidine rings is 1. The molecule has 0 spiro atoms. The Balaban J connectivity index is 1.70. The third kappa shape index (κ3) is 4.24. The van der Waals surface area contributed by atoms with E-state index in [9.17, 15) is 13.2 Å². The van der Waals surface area contributed by atoms with Crippen molar-refractivity contribution in [2.24, 2.45) is 0 Å². The lowest BCUT2D eigenvalue weighted by atomic mass is 10.0. The number of nitrogens with one attached hydrogen (secondary N) is 1. The van der Waals surface area contributed by atoms with Crippen LogP contribution >= 0.6 is 0 Å². The number of hydrogen-bond acceptors (Lipinski definition) is 6. The van der Waals surface area contributed by atoms with Crippen molar-refractivity contribution < 1.29 is 17.9 Å². The molecule has 1 unspecified atom stereocenters. The summed E-state index contributed by atoms with van der Waals surface area (Å²) in [6, 6.07) is 5.53. The number of pyridine rings is 1. The molecule has 9 heteroatoms. The second kappa shape index (κ2) is 8.20. The lowest BCUT2D eigenvalue weighted by Gasteiger charge is -2.30. The molecule has 1 aliphatic heterocycles. The molecule has 152 valence electrons. The third-order valence-corrected chi connectivity index (χ3v) is 4.97. The van der Waals surface area contributed by atoms with E-state index >= 15 is 0 Å². The highest BCUT2D eigenvalue weighted by atomic mass is 19.3. The number of rotatable bonds is 5. The Kier molecular flexibility index (Phi) is 5.48. The average molecular weight is 403 g/mol. The van der Waals surface area contributed by atoms with E-state index in [1.807, 2.05) is 0 Å². The van der Waals surface area contributed by atoms with E-state index in [-0.39, 0.29) is 17.4 Å². The van der Waals surface area contributed by atoms with Crippen LogP contribution < -0.4 is 10.1 Å². The van der Waals surface area contributed by atoms with Gasteiger partial charge in [0.1, 0.15) is 17.3 Å². The minimum absolute atomic E-state index is 0.152. The van der Waals surface area contributed by atoms with Gasteiger partial charge in [0.25, 0.3) is 0 Å². The molecule has 0 radical (unpaired) electrons. The maximum absolute atomic E-state index is 14.6. The number of alkyl halides is 2. The molecule has 0 bridgehead atoms. The van der Waals surface area contributed by atoms with Crippen LogP contribution in [0.1, 0.15) is 12.8 Å². The standard InChI is InChI=1S/C20H20F3N5O/c1-28-8-2-3-12(11-28)25-19-16-10-24-7-6-14(16)18(26-27-19)15-5-4-13(9-17(15)21)29-20(22)23/h4-7,9-10,12,20H,2-3,8,11H2,1H3,(H,25,27). The van der Waals surface area contributed by atoms with Crippen LogP contribution in [0.15, 0.2) is 36.7 Å². The number of hydrogen-bond donors (Lipinski definition) is 1. The molecule has 2 aromatic heterocycles. The summed E-state index contributed by atoms with van der Waals surface area (Å²) < 4.78 is 43.6. The monoisotopic (exact) mass is 403 g/mol. The van der Waals surface area contributed by atoms with Gasteiger partial charge in [-0.1, -0.05) is 0 Å². The van der Waals surface area contributed by atoms with Gasteiger partial charge in [-0.3, -0.25) is 4.98 Å². The number of fused-ring (bicyclic) bond motifs is 1. The highest BCUT2D eigenvalue weighted by Crippen LogP contribution is 2.33. The van der Waals surface area contributed by atoms with Crippen LogP contribution in [0, 0.1) is 5.82 Å². The molecular weight excluding hydrogens is 383 g/mol. The van der Waals surface area contributed by atoms with E-state index < -0.39 is 12.4 Å². The van der Waals surface area contributed by atoms with Gasteiger partial charge in [0.15, 0.2) is 5.82 Å². The first kappa shape index (κ1) is 19.4. The summed E-state index contributed by atoms with van der Waals surface area (Å²) in [5.74, 6) is -0.375. The SMILES string of the molecule is CN1CCCC(Nc2nnc(-c3ccc(OC(F)F)cc3F)c3ccncc23)C1. The minimum Gasteiger partial charge on any atom is -0.435 e. The zero-order valence-corrected chi connectivity index (χ0v) is 15.8. The summed E-state index contributed by atoms with van der Waals surface area (Å²) in [4.78, 5) is 6.42. The van der Waals surface area contributed by atoms with Crippen molar-refractivity contribution in [3.63, 3.8) is 0 Å². The van der Waals surface area contributed by atoms with Gasteiger partial charge in [-0.2, -0.15) is 8.78 Å². The number of aromatic nitrogens is 3. The van der Waals surface area contributed by atoms with E-state index in [0.717, 1.165) is 37.4 Å². The van der Waals surface area contributed by atoms with Gasteiger partial charge >= 0.3 is 6.61 Å². The molecular formula is C20H20F3N5O. The van der Waals surface area contributed by atoms with E-state index in [2.05, 4.69) is 37.2 Å². The molecule has 1 fully saturated rings. The predicted octanol–water partition coefficient (Wildman–Crippen LogP) is 3.94. The number of likely N-dealkylation sites (N-methyl/N-ethyl adjacent to an activating group) is 1. The summed E-state index contributed by atoms with van der Waals surface area (Å²) in [5.41, 5.74) is 0.467. The van der Waals surface area contributed by atoms with Gasteiger partial charge in [0, 0.05) is 47.4 Å². The Morgan fingerprint density at radius 3 is 2.83 bits per heavy atom. The molecule has 1 N–H and O–H groups in total. The molecule has 1 atom stereocenters. The smallest absolute Gasteiger partial charge is 0.387 e. The number of nitrogens with zero attached hydrogens (tertiary/aromatic N) is 4. The number of ether oxygens (including phenoxy) is 1. The predicted molar refractivity (Wildman–Crippen MR) is 104 cm³/mol. The van der Waals surface area contributed by atoms with Gasteiger partial charge in [0.05, 0.1) is 0 Å². The Morgan fingerprint density at radius 2 is 2.07 bits per heavy atom. The second-order valence-electron chi connectivity index (χ2n) is 7.08. The molecule has 0 amide bonds. The molecule has 4 rings (SSSR count). The Bertz CT molecular complexity index is 1020. The van der Waals surface area contributed by atoms with Crippen LogP contribution in [0.25, 0.3) is 22.0 Å². The van der Waals surface area contributed by atoms with Crippen molar-refractivity contribution in [1.82, 2.24) is 20.1 Å². The fourth-order valence-electron chi connectivity index (χ4n) is 3.64. The lowest BCUT2D eigenvalue weighted by molar-refractivity contribution is -0.0499. The van der Waals surface area contributed by atoms with Crippen LogP contribution in [-0.2, 0) is 0 Å². The number of likely N-dealkylation sites (tertiary alicyclic amines) is 1. The maximum Gasteiger partial charge on any atom is 0.387 e. The molecule has 3 aromatic rings. The third-order valence-electron chi connectivity index (χ3n) is 4.97. The molecule has 0 aliphatic carbocycles. The summed E-state index contributed by atoms with van der Waals surface area (Å²) in [6.45, 7) is -1.06. The molecule has 6 nitrogen and oxygen atoms in total. The molecule has 0 saturated carbocycles. The van der Waals surface area contributed by atoms with Crippen molar-refractivity contribution in [3.05, 3.63) is 42.5 Å². The van der Waals surface area contributed by atoms with Crippen molar-refractivity contribution in [1.29, 1.82) is 0 Å². The van der Waals surface area contributed by atoms with Crippen LogP contribution in [0.5, 0.6) is 5.75 Å². The van der Waals surface area contributed by atoms with Gasteiger partial charge in [0.2, 0.25) is 0 Å². The normalized spacial score (nSPS) is 17.6. The van der Waals surface area contributed by atoms with Crippen molar-refractivity contribution in [2.45, 2.75) is 25.5 Å². The molecule has 3 heterocycles. The summed E-state index contributed by atoms with van der Waals surface area (Å²) in [7, 11) is 2.08. The first-order valence-corrected chi connectivity index (χ1v) is 9.31. The number of anilines is 1. The summed E-state index contributed by atoms with van der Waals surface area (Å²) in [5, 5.41) is 13.3. The maximum atomic E-state index is 14.6. The van der Waals surface area contributed by atoms with E-state index in [1.54, 1.807) is 18.5 Å². The topological polar surface area (TPSA) is 63.2 Å². The highest BCUT2D eigenvalue weighted by Gasteiger charge is 2.20. The van der Waals surface area contributed by atoms with Crippen LogP contribution in [0.2, 0.25) is 0 Å². The van der Waals surface area contributed by atoms with Gasteiger partial charge in [-0.05, 0) is 44.6 Å². The van der Waals surface area contributed by atoms with Crippen molar-refractivity contribution >= 4 is 16.6 Å². The fraction of sp³-hybridized carbons (Fsp3) is 0.350. The Hall–Kier alpha value is -2.94. The first-order chi connectivity index (χ1) is 14.0. The number of halogens is 3. The summed E-state index contributed by atoms with van der Waals surface area (Å²) >= 11 is 0. The minimum atomic E-state index is -3.02. The van der Waals surface area contributed by atoms with Gasteiger partial charge in [-0.15, -0.1) is 10.2 Å². The molecule has 29 heavy (non-hydrogen) atoms. The van der Waals surface area contributed by atoms with Gasteiger partial charge < -0.3 is 15.0 Å². The van der Waals surface area contributed by atoms with Crippen molar-refractivity contribution in [2.75, 3.05) is 25.5 Å². The lowest BCUT2D eigenvalue weighted by Crippen LogP contribution is -2.40. The first-order valence-electron chi connectivity index (χ1n) is 9.31. The second-order valence-corrected chi connectivity index (χ2v) is 7.08. The molecule has 1 aromatic carbocycles. The zero-order valence-electron chi connectivity index (χ0n) is 15.8. The van der Waals surface area contributed by atoms with Crippen LogP contribution in [0.4, 0.5) is 19.0 Å². The van der Waals surface area contributed by atoms with E-state index in [4.69, 9.17) is 0 Å². The largest absolute Gasteiger partial charge is 0.435 e. The molecule has 1 aliphatic rings. The van der Waals surface area contributed by atoms with Crippen molar-refractivity contribution in [3.8, 4) is 17.0 Å². The average Bonchev–Trinajstić information content (AvgIpc) is 2.68. The van der Waals surface area contributed by atoms with E-state index in [0.29, 0.717) is 16.9 Å². The quantitative estimate of drug-likeness (QED) is 0.696. The fourth-order valence-corrected chi connectivity index (χ4v) is 3.64. The van der Waals surface area contributed by atoms with Crippen LogP contribution in [0.3, 0.4) is 0 Å². The van der Waals surface area contributed by atoms with Gasteiger partial charge in [-0.25, -0.2) is 4.39 Å². The zero-order chi connectivity index (χ0) is 20.4. The Labute approximate surface area is 165 Å². The van der Waals surface area contributed by atoms with E-state index in [1.165, 1.54) is 12.1 Å². The van der Waals surface area contributed by atoms with Crippen LogP contribution in [-0.4, -0.2) is 52.9 Å². The summed E-state index contributed by atoms with van der Waals surface area (Å²) in [6.07, 6.45) is 5.37.